The number of aryl methyl sites for hydroxylation is 1. The fraction of sp³-hybridized carbons (Fsp3) is 0.636. The van der Waals surface area contributed by atoms with Crippen LogP contribution < -0.4 is 4.90 Å². The van der Waals surface area contributed by atoms with Gasteiger partial charge in [-0.25, -0.2) is 4.98 Å². The number of hydrogen-bond acceptors (Lipinski definition) is 5. The third kappa shape index (κ3) is 2.38. The van der Waals surface area contributed by atoms with Crippen LogP contribution in [0.3, 0.4) is 0 Å². The van der Waals surface area contributed by atoms with Gasteiger partial charge in [-0.05, 0) is 30.9 Å². The van der Waals surface area contributed by atoms with Gasteiger partial charge in [0.1, 0.15) is 5.69 Å². The third-order valence-corrected chi connectivity index (χ3v) is 3.53. The molecule has 1 aliphatic rings. The molecule has 0 spiro atoms. The molecule has 0 aromatic carbocycles. The van der Waals surface area contributed by atoms with Gasteiger partial charge in [0.05, 0.1) is 4.92 Å². The first kappa shape index (κ1) is 13.0. The lowest BCUT2D eigenvalue weighted by Gasteiger charge is -2.17. The van der Waals surface area contributed by atoms with Crippen LogP contribution in [0.5, 0.6) is 0 Å². The summed E-state index contributed by atoms with van der Waals surface area (Å²) >= 11 is 5.80. The minimum absolute atomic E-state index is 0.0313. The number of anilines is 1. The molecule has 2 rings (SSSR count). The Hall–Kier alpha value is -1.43. The quantitative estimate of drug-likeness (QED) is 0.479. The lowest BCUT2D eigenvalue weighted by Crippen LogP contribution is -2.22. The Morgan fingerprint density at radius 2 is 2.28 bits per heavy atom. The van der Waals surface area contributed by atoms with Crippen LogP contribution in [0, 0.1) is 23.0 Å². The zero-order chi connectivity index (χ0) is 13.3. The van der Waals surface area contributed by atoms with Crippen molar-refractivity contribution in [3.63, 3.8) is 0 Å². The van der Waals surface area contributed by atoms with Gasteiger partial charge in [-0.15, -0.1) is 0 Å². The molecule has 7 heteroatoms. The number of aromatic nitrogens is 2. The lowest BCUT2D eigenvalue weighted by molar-refractivity contribution is -0.385. The monoisotopic (exact) mass is 270 g/mol. The van der Waals surface area contributed by atoms with Gasteiger partial charge in [-0.1, -0.05) is 13.3 Å². The number of halogens is 1. The Labute approximate surface area is 110 Å². The molecule has 0 bridgehead atoms. The fourth-order valence-corrected chi connectivity index (χ4v) is 2.52. The summed E-state index contributed by atoms with van der Waals surface area (Å²) in [6.07, 6.45) is 2.11. The predicted molar refractivity (Wildman–Crippen MR) is 69.0 cm³/mol. The largest absolute Gasteiger partial charge is 0.350 e. The normalized spacial score (nSPS) is 19.3. The molecule has 0 radical (unpaired) electrons. The van der Waals surface area contributed by atoms with E-state index in [2.05, 4.69) is 16.9 Å². The SMILES string of the molecule is CCC1CCN(c2nc(Cl)nc(C)c2[N+](=O)[O-])C1. The molecule has 1 fully saturated rings. The summed E-state index contributed by atoms with van der Waals surface area (Å²) in [6.45, 7) is 5.29. The highest BCUT2D eigenvalue weighted by atomic mass is 35.5. The lowest BCUT2D eigenvalue weighted by atomic mass is 10.1. The molecule has 0 amide bonds. The summed E-state index contributed by atoms with van der Waals surface area (Å²) in [7, 11) is 0. The van der Waals surface area contributed by atoms with Crippen LogP contribution in [-0.4, -0.2) is 28.0 Å². The van der Waals surface area contributed by atoms with E-state index in [0.717, 1.165) is 25.9 Å². The van der Waals surface area contributed by atoms with E-state index < -0.39 is 4.92 Å². The molecule has 1 atom stereocenters. The van der Waals surface area contributed by atoms with E-state index in [1.165, 1.54) is 0 Å². The molecule has 1 aliphatic heterocycles. The maximum absolute atomic E-state index is 11.1. The van der Waals surface area contributed by atoms with Gasteiger partial charge in [0.15, 0.2) is 0 Å². The first-order valence-corrected chi connectivity index (χ1v) is 6.34. The Bertz CT molecular complexity index is 480. The highest BCUT2D eigenvalue weighted by Gasteiger charge is 2.30. The Morgan fingerprint density at radius 1 is 1.56 bits per heavy atom. The molecule has 1 saturated heterocycles. The number of nitrogens with zero attached hydrogens (tertiary/aromatic N) is 4. The van der Waals surface area contributed by atoms with Crippen LogP contribution in [0.25, 0.3) is 0 Å². The number of nitro groups is 1. The summed E-state index contributed by atoms with van der Waals surface area (Å²) in [4.78, 5) is 20.5. The molecule has 0 N–H and O–H groups in total. The highest BCUT2D eigenvalue weighted by molar-refractivity contribution is 6.28. The van der Waals surface area contributed by atoms with Crippen LogP contribution in [0.2, 0.25) is 5.28 Å². The first-order valence-electron chi connectivity index (χ1n) is 5.96. The number of rotatable bonds is 3. The molecular formula is C11H15ClN4O2. The van der Waals surface area contributed by atoms with Crippen LogP contribution in [0.15, 0.2) is 0 Å². The Balaban J connectivity index is 2.40. The van der Waals surface area contributed by atoms with Gasteiger partial charge in [-0.2, -0.15) is 4.98 Å². The van der Waals surface area contributed by atoms with Crippen molar-refractivity contribution in [3.8, 4) is 0 Å². The van der Waals surface area contributed by atoms with Crippen molar-refractivity contribution in [1.29, 1.82) is 0 Å². The maximum atomic E-state index is 11.1. The van der Waals surface area contributed by atoms with Crippen molar-refractivity contribution in [2.24, 2.45) is 5.92 Å². The van der Waals surface area contributed by atoms with Crippen molar-refractivity contribution in [2.45, 2.75) is 26.7 Å². The summed E-state index contributed by atoms with van der Waals surface area (Å²) in [5, 5.41) is 11.2. The molecule has 1 unspecified atom stereocenters. The standard InChI is InChI=1S/C11H15ClN4O2/c1-3-8-4-5-15(6-8)10-9(16(17)18)7(2)13-11(12)14-10/h8H,3-6H2,1-2H3. The first-order chi connectivity index (χ1) is 8.52. The average Bonchev–Trinajstić information content (AvgIpc) is 2.75. The molecule has 6 nitrogen and oxygen atoms in total. The molecule has 1 aromatic rings. The van der Waals surface area contributed by atoms with Gasteiger partial charge in [0.2, 0.25) is 11.1 Å². The predicted octanol–water partition coefficient (Wildman–Crippen LogP) is 2.58. The molecule has 0 aliphatic carbocycles. The van der Waals surface area contributed by atoms with E-state index in [1.54, 1.807) is 6.92 Å². The summed E-state index contributed by atoms with van der Waals surface area (Å²) in [6, 6.07) is 0. The topological polar surface area (TPSA) is 72.2 Å². The molecule has 98 valence electrons. The van der Waals surface area contributed by atoms with E-state index in [0.29, 0.717) is 17.4 Å². The Morgan fingerprint density at radius 3 is 2.83 bits per heavy atom. The molecule has 0 saturated carbocycles. The second kappa shape index (κ2) is 5.06. The van der Waals surface area contributed by atoms with Gasteiger partial charge >= 0.3 is 5.69 Å². The van der Waals surface area contributed by atoms with Crippen LogP contribution in [0.4, 0.5) is 11.5 Å². The van der Waals surface area contributed by atoms with Crippen molar-refractivity contribution in [2.75, 3.05) is 18.0 Å². The van der Waals surface area contributed by atoms with Gasteiger partial charge < -0.3 is 4.90 Å². The van der Waals surface area contributed by atoms with Crippen LogP contribution in [0.1, 0.15) is 25.5 Å². The summed E-state index contributed by atoms with van der Waals surface area (Å²) < 4.78 is 0. The fourth-order valence-electron chi connectivity index (χ4n) is 2.31. The molecule has 1 aromatic heterocycles. The summed E-state index contributed by atoms with van der Waals surface area (Å²) in [5.74, 6) is 0.923. The maximum Gasteiger partial charge on any atom is 0.332 e. The second-order valence-electron chi connectivity index (χ2n) is 4.52. The zero-order valence-corrected chi connectivity index (χ0v) is 11.1. The van der Waals surface area contributed by atoms with E-state index in [4.69, 9.17) is 11.6 Å². The zero-order valence-electron chi connectivity index (χ0n) is 10.4. The molecule has 2 heterocycles. The van der Waals surface area contributed by atoms with Gasteiger partial charge in [0, 0.05) is 13.1 Å². The van der Waals surface area contributed by atoms with E-state index in [1.807, 2.05) is 4.90 Å². The number of hydrogen-bond donors (Lipinski definition) is 0. The molecular weight excluding hydrogens is 256 g/mol. The van der Waals surface area contributed by atoms with Crippen molar-refractivity contribution in [3.05, 3.63) is 21.1 Å². The Kier molecular flexibility index (Phi) is 3.65. The van der Waals surface area contributed by atoms with Crippen LogP contribution >= 0.6 is 11.6 Å². The average molecular weight is 271 g/mol. The molecule has 18 heavy (non-hydrogen) atoms. The van der Waals surface area contributed by atoms with Crippen molar-refractivity contribution < 1.29 is 4.92 Å². The highest BCUT2D eigenvalue weighted by Crippen LogP contribution is 2.33. The van der Waals surface area contributed by atoms with Crippen LogP contribution in [-0.2, 0) is 0 Å². The minimum Gasteiger partial charge on any atom is -0.350 e. The third-order valence-electron chi connectivity index (χ3n) is 3.36. The summed E-state index contributed by atoms with van der Waals surface area (Å²) in [5.41, 5.74) is 0.283. The van der Waals surface area contributed by atoms with Gasteiger partial charge in [0.25, 0.3) is 0 Å². The van der Waals surface area contributed by atoms with E-state index in [9.17, 15) is 10.1 Å². The van der Waals surface area contributed by atoms with Crippen molar-refractivity contribution >= 4 is 23.1 Å². The van der Waals surface area contributed by atoms with E-state index in [-0.39, 0.29) is 11.0 Å². The van der Waals surface area contributed by atoms with Gasteiger partial charge in [-0.3, -0.25) is 10.1 Å². The smallest absolute Gasteiger partial charge is 0.332 e. The second-order valence-corrected chi connectivity index (χ2v) is 4.85. The van der Waals surface area contributed by atoms with E-state index >= 15 is 0 Å². The van der Waals surface area contributed by atoms with Crippen molar-refractivity contribution in [1.82, 2.24) is 9.97 Å². The minimum atomic E-state index is -0.430.